The summed E-state index contributed by atoms with van der Waals surface area (Å²) in [5.74, 6) is 0. The molecule has 1 rings (SSSR count). The van der Waals surface area contributed by atoms with Crippen molar-refractivity contribution in [1.82, 2.24) is 4.90 Å². The summed E-state index contributed by atoms with van der Waals surface area (Å²) in [6, 6.07) is 1.08. The zero-order chi connectivity index (χ0) is 8.27. The molecule has 2 nitrogen and oxygen atoms in total. The molecule has 2 heteroatoms. The van der Waals surface area contributed by atoms with Gasteiger partial charge in [-0.25, -0.2) is 0 Å². The maximum atomic E-state index is 5.92. The molecule has 1 saturated heterocycles. The van der Waals surface area contributed by atoms with Gasteiger partial charge in [0.2, 0.25) is 0 Å². The first-order chi connectivity index (χ1) is 5.20. The van der Waals surface area contributed by atoms with Gasteiger partial charge in [0.25, 0.3) is 0 Å². The zero-order valence-corrected chi connectivity index (χ0v) is 7.71. The number of rotatable bonds is 1. The third kappa shape index (κ3) is 2.80. The van der Waals surface area contributed by atoms with Gasteiger partial charge in [0.15, 0.2) is 0 Å². The Balaban J connectivity index is 2.39. The summed E-state index contributed by atoms with van der Waals surface area (Å²) in [4.78, 5) is 2.48. The molecule has 0 aromatic rings. The molecule has 0 aromatic carbocycles. The molecule has 0 unspecified atom stereocenters. The maximum Gasteiger partial charge on any atom is 0.0167 e. The van der Waals surface area contributed by atoms with Crippen molar-refractivity contribution < 1.29 is 0 Å². The van der Waals surface area contributed by atoms with Crippen LogP contribution >= 0.6 is 0 Å². The van der Waals surface area contributed by atoms with Gasteiger partial charge in [-0.1, -0.05) is 6.42 Å². The molecule has 1 aliphatic heterocycles. The van der Waals surface area contributed by atoms with E-state index in [2.05, 4.69) is 18.7 Å². The highest BCUT2D eigenvalue weighted by atomic mass is 15.2. The Bertz CT molecular complexity index is 112. The van der Waals surface area contributed by atoms with Crippen molar-refractivity contribution in [3.05, 3.63) is 0 Å². The summed E-state index contributed by atoms with van der Waals surface area (Å²) < 4.78 is 0. The van der Waals surface area contributed by atoms with E-state index in [1.807, 2.05) is 0 Å². The Labute approximate surface area is 69.8 Å². The second kappa shape index (κ2) is 4.07. The van der Waals surface area contributed by atoms with Gasteiger partial charge in [-0.3, -0.25) is 4.90 Å². The van der Waals surface area contributed by atoms with Gasteiger partial charge in [-0.2, -0.15) is 0 Å². The van der Waals surface area contributed by atoms with Crippen molar-refractivity contribution in [3.63, 3.8) is 0 Å². The van der Waals surface area contributed by atoms with E-state index in [1.165, 1.54) is 25.8 Å². The minimum Gasteiger partial charge on any atom is -0.327 e. The SMILES string of the molecule is CC(C)N1CCCC[C@H](N)C1. The Morgan fingerprint density at radius 2 is 2.09 bits per heavy atom. The van der Waals surface area contributed by atoms with Crippen molar-refractivity contribution >= 4 is 0 Å². The summed E-state index contributed by atoms with van der Waals surface area (Å²) in [5, 5.41) is 0. The average Bonchev–Trinajstić information content (AvgIpc) is 2.13. The monoisotopic (exact) mass is 156 g/mol. The minimum absolute atomic E-state index is 0.417. The van der Waals surface area contributed by atoms with Gasteiger partial charge in [0.05, 0.1) is 0 Å². The molecule has 0 radical (unpaired) electrons. The van der Waals surface area contributed by atoms with E-state index < -0.39 is 0 Å². The predicted molar refractivity (Wildman–Crippen MR) is 48.5 cm³/mol. The second-order valence-electron chi connectivity index (χ2n) is 3.84. The van der Waals surface area contributed by atoms with E-state index in [1.54, 1.807) is 0 Å². The largest absolute Gasteiger partial charge is 0.327 e. The van der Waals surface area contributed by atoms with Crippen molar-refractivity contribution in [2.75, 3.05) is 13.1 Å². The summed E-state index contributed by atoms with van der Waals surface area (Å²) in [6.07, 6.45) is 3.85. The molecule has 1 atom stereocenters. The maximum absolute atomic E-state index is 5.92. The second-order valence-corrected chi connectivity index (χ2v) is 3.84. The lowest BCUT2D eigenvalue weighted by molar-refractivity contribution is 0.221. The fraction of sp³-hybridized carbons (Fsp3) is 1.00. The molecule has 11 heavy (non-hydrogen) atoms. The lowest BCUT2D eigenvalue weighted by atomic mass is 10.1. The summed E-state index contributed by atoms with van der Waals surface area (Å²) in [7, 11) is 0. The lowest BCUT2D eigenvalue weighted by Gasteiger charge is -2.26. The standard InChI is InChI=1S/C9H20N2/c1-8(2)11-6-4-3-5-9(10)7-11/h8-9H,3-7,10H2,1-2H3/t9-/m0/s1. The van der Waals surface area contributed by atoms with Crippen LogP contribution in [0.3, 0.4) is 0 Å². The first kappa shape index (κ1) is 9.01. The molecular formula is C9H20N2. The molecule has 0 bridgehead atoms. The Hall–Kier alpha value is -0.0800. The van der Waals surface area contributed by atoms with Crippen molar-refractivity contribution in [1.29, 1.82) is 0 Å². The average molecular weight is 156 g/mol. The van der Waals surface area contributed by atoms with E-state index in [4.69, 9.17) is 5.73 Å². The van der Waals surface area contributed by atoms with Gasteiger partial charge in [0, 0.05) is 18.6 Å². The summed E-state index contributed by atoms with van der Waals surface area (Å²) in [5.41, 5.74) is 5.92. The molecule has 0 aliphatic carbocycles. The molecule has 2 N–H and O–H groups in total. The quantitative estimate of drug-likeness (QED) is 0.618. The highest BCUT2D eigenvalue weighted by Gasteiger charge is 2.16. The van der Waals surface area contributed by atoms with Crippen LogP contribution in [0.1, 0.15) is 33.1 Å². The Morgan fingerprint density at radius 3 is 2.73 bits per heavy atom. The first-order valence-electron chi connectivity index (χ1n) is 4.70. The number of hydrogen-bond donors (Lipinski definition) is 1. The Kier molecular flexibility index (Phi) is 3.34. The van der Waals surface area contributed by atoms with Gasteiger partial charge >= 0.3 is 0 Å². The van der Waals surface area contributed by atoms with Crippen LogP contribution in [-0.2, 0) is 0 Å². The molecule has 66 valence electrons. The third-order valence-corrected chi connectivity index (χ3v) is 2.47. The Morgan fingerprint density at radius 1 is 1.36 bits per heavy atom. The van der Waals surface area contributed by atoms with Crippen LogP contribution in [0, 0.1) is 0 Å². The van der Waals surface area contributed by atoms with E-state index in [0.717, 1.165) is 6.54 Å². The molecule has 0 aromatic heterocycles. The zero-order valence-electron chi connectivity index (χ0n) is 7.71. The molecule has 1 heterocycles. The number of nitrogens with two attached hydrogens (primary N) is 1. The fourth-order valence-electron chi connectivity index (χ4n) is 1.67. The van der Waals surface area contributed by atoms with Crippen molar-refractivity contribution in [3.8, 4) is 0 Å². The third-order valence-electron chi connectivity index (χ3n) is 2.47. The van der Waals surface area contributed by atoms with Crippen LogP contribution in [0.25, 0.3) is 0 Å². The topological polar surface area (TPSA) is 29.3 Å². The van der Waals surface area contributed by atoms with Crippen molar-refractivity contribution in [2.45, 2.75) is 45.2 Å². The van der Waals surface area contributed by atoms with E-state index >= 15 is 0 Å². The smallest absolute Gasteiger partial charge is 0.0167 e. The summed E-state index contributed by atoms with van der Waals surface area (Å²) >= 11 is 0. The van der Waals surface area contributed by atoms with Gasteiger partial charge in [-0.15, -0.1) is 0 Å². The minimum atomic E-state index is 0.417. The van der Waals surface area contributed by atoms with Crippen LogP contribution in [0.5, 0.6) is 0 Å². The van der Waals surface area contributed by atoms with Gasteiger partial charge in [-0.05, 0) is 33.2 Å². The van der Waals surface area contributed by atoms with E-state index in [-0.39, 0.29) is 0 Å². The molecule has 0 amide bonds. The van der Waals surface area contributed by atoms with Gasteiger partial charge in [0.1, 0.15) is 0 Å². The first-order valence-corrected chi connectivity index (χ1v) is 4.70. The molecule has 1 fully saturated rings. The van der Waals surface area contributed by atoms with E-state index in [0.29, 0.717) is 12.1 Å². The van der Waals surface area contributed by atoms with Crippen LogP contribution in [0.4, 0.5) is 0 Å². The number of likely N-dealkylation sites (tertiary alicyclic amines) is 1. The molecule has 0 spiro atoms. The fourth-order valence-corrected chi connectivity index (χ4v) is 1.67. The molecule has 1 aliphatic rings. The van der Waals surface area contributed by atoms with E-state index in [9.17, 15) is 0 Å². The predicted octanol–water partition coefficient (Wildman–Crippen LogP) is 1.21. The number of hydrogen-bond acceptors (Lipinski definition) is 2. The lowest BCUT2D eigenvalue weighted by Crippen LogP contribution is -2.39. The number of nitrogens with zero attached hydrogens (tertiary/aromatic N) is 1. The van der Waals surface area contributed by atoms with Crippen LogP contribution in [-0.4, -0.2) is 30.1 Å². The normalized spacial score (nSPS) is 28.9. The highest BCUT2D eigenvalue weighted by Crippen LogP contribution is 2.11. The van der Waals surface area contributed by atoms with Crippen molar-refractivity contribution in [2.24, 2.45) is 5.73 Å². The molecular weight excluding hydrogens is 136 g/mol. The van der Waals surface area contributed by atoms with Crippen LogP contribution in [0.15, 0.2) is 0 Å². The van der Waals surface area contributed by atoms with Crippen LogP contribution < -0.4 is 5.73 Å². The van der Waals surface area contributed by atoms with Crippen LogP contribution in [0.2, 0.25) is 0 Å². The summed E-state index contributed by atoms with van der Waals surface area (Å²) in [6.45, 7) is 6.83. The molecule has 0 saturated carbocycles. The highest BCUT2D eigenvalue weighted by molar-refractivity contribution is 4.74. The van der Waals surface area contributed by atoms with Gasteiger partial charge < -0.3 is 5.73 Å².